The zero-order chi connectivity index (χ0) is 24.8. The van der Waals surface area contributed by atoms with E-state index in [1.54, 1.807) is 0 Å². The second-order valence-corrected chi connectivity index (χ2v) is 8.19. The van der Waals surface area contributed by atoms with Crippen molar-refractivity contribution in [2.45, 2.75) is 70.1 Å². The van der Waals surface area contributed by atoms with Crippen molar-refractivity contribution in [3.8, 4) is 0 Å². The van der Waals surface area contributed by atoms with Crippen LogP contribution in [0.3, 0.4) is 0 Å². The van der Waals surface area contributed by atoms with Crippen LogP contribution in [0, 0.1) is 5.92 Å². The molecule has 3 amide bonds. The first kappa shape index (κ1) is 29.6. The van der Waals surface area contributed by atoms with Gasteiger partial charge < -0.3 is 37.6 Å². The number of carboxylic acid groups (broad SMARTS) is 2. The number of hydrogen-bond acceptors (Lipinski definition) is 8. The van der Waals surface area contributed by atoms with Crippen LogP contribution in [0.4, 0.5) is 0 Å². The third-order valence-electron chi connectivity index (χ3n) is 4.45. The summed E-state index contributed by atoms with van der Waals surface area (Å²) < 4.78 is 0. The number of aliphatic carboxylic acids is 2. The number of unbranched alkanes of at least 4 members (excludes halogenated alkanes) is 1. The molecule has 0 aromatic rings. The molecule has 4 atom stereocenters. The molecule has 12 nitrogen and oxygen atoms in total. The van der Waals surface area contributed by atoms with E-state index in [0.717, 1.165) is 0 Å². The zero-order valence-corrected chi connectivity index (χ0v) is 19.3. The largest absolute Gasteiger partial charge is 0.481 e. The lowest BCUT2D eigenvalue weighted by Crippen LogP contribution is -2.57. The summed E-state index contributed by atoms with van der Waals surface area (Å²) in [6, 6.07) is -4.70. The highest BCUT2D eigenvalue weighted by Crippen LogP contribution is 2.08. The Bertz CT molecular complexity index is 662. The average molecular weight is 478 g/mol. The van der Waals surface area contributed by atoms with Crippen LogP contribution in [-0.2, 0) is 24.0 Å². The highest BCUT2D eigenvalue weighted by Gasteiger charge is 2.30. The standard InChI is InChI=1S/C19H35N5O7S/c1-10(2)7-13(23-16(27)11(21)8-15(25)26)18(29)22-12(5-3-4-6-20)17(28)24-14(9-32)19(30)31/h10-14,32H,3-9,20-21H2,1-2H3,(H,22,29)(H,23,27)(H,24,28)(H,25,26)(H,30,31). The van der Waals surface area contributed by atoms with Crippen molar-refractivity contribution < 1.29 is 34.2 Å². The fraction of sp³-hybridized carbons (Fsp3) is 0.737. The topological polar surface area (TPSA) is 214 Å². The molecule has 0 saturated heterocycles. The third kappa shape index (κ3) is 11.9. The molecular formula is C19H35N5O7S. The summed E-state index contributed by atoms with van der Waals surface area (Å²) in [6.45, 7) is 4.02. The predicted molar refractivity (Wildman–Crippen MR) is 120 cm³/mol. The van der Waals surface area contributed by atoms with Crippen LogP contribution in [0.2, 0.25) is 0 Å². The number of hydrogen-bond donors (Lipinski definition) is 8. The molecule has 0 aliphatic rings. The SMILES string of the molecule is CC(C)CC(NC(=O)C(N)CC(=O)O)C(=O)NC(CCCCN)C(=O)NC(CS)C(=O)O. The second kappa shape index (κ2) is 15.4. The summed E-state index contributed by atoms with van der Waals surface area (Å²) in [5.41, 5.74) is 11.0. The molecule has 0 radical (unpaired) electrons. The van der Waals surface area contributed by atoms with Crippen molar-refractivity contribution in [1.29, 1.82) is 0 Å². The Morgan fingerprint density at radius 1 is 0.875 bits per heavy atom. The minimum absolute atomic E-state index is 0.0214. The van der Waals surface area contributed by atoms with Crippen LogP contribution >= 0.6 is 12.6 Å². The molecule has 9 N–H and O–H groups in total. The molecule has 0 heterocycles. The number of nitrogens with one attached hydrogen (secondary N) is 3. The number of carbonyl (C=O) groups is 5. The molecule has 0 saturated carbocycles. The molecule has 32 heavy (non-hydrogen) atoms. The van der Waals surface area contributed by atoms with Gasteiger partial charge in [0, 0.05) is 5.75 Å². The molecule has 0 fully saturated rings. The highest BCUT2D eigenvalue weighted by atomic mass is 32.1. The summed E-state index contributed by atoms with van der Waals surface area (Å²) >= 11 is 3.90. The monoisotopic (exact) mass is 477 g/mol. The molecule has 0 aliphatic heterocycles. The molecule has 0 aromatic carbocycles. The number of carbonyl (C=O) groups excluding carboxylic acids is 3. The summed E-state index contributed by atoms with van der Waals surface area (Å²) in [4.78, 5) is 59.7. The first-order valence-corrected chi connectivity index (χ1v) is 11.0. The Kier molecular flexibility index (Phi) is 14.3. The lowest BCUT2D eigenvalue weighted by atomic mass is 10.0. The van der Waals surface area contributed by atoms with E-state index in [1.165, 1.54) is 0 Å². The van der Waals surface area contributed by atoms with Gasteiger partial charge in [-0.15, -0.1) is 0 Å². The maximum absolute atomic E-state index is 12.9. The normalized spacial score (nSPS) is 14.7. The molecule has 4 unspecified atom stereocenters. The van der Waals surface area contributed by atoms with Crippen LogP contribution in [0.25, 0.3) is 0 Å². The van der Waals surface area contributed by atoms with Crippen molar-refractivity contribution in [3.63, 3.8) is 0 Å². The molecule has 0 spiro atoms. The van der Waals surface area contributed by atoms with Gasteiger partial charge in [0.25, 0.3) is 0 Å². The van der Waals surface area contributed by atoms with Crippen LogP contribution in [0.15, 0.2) is 0 Å². The second-order valence-electron chi connectivity index (χ2n) is 7.82. The van der Waals surface area contributed by atoms with Crippen LogP contribution in [-0.4, -0.2) is 76.3 Å². The van der Waals surface area contributed by atoms with Gasteiger partial charge in [0.1, 0.15) is 18.1 Å². The van der Waals surface area contributed by atoms with Crippen molar-refractivity contribution in [3.05, 3.63) is 0 Å². The lowest BCUT2D eigenvalue weighted by molar-refractivity contribution is -0.141. The molecule has 0 rings (SSSR count). The summed E-state index contributed by atoms with van der Waals surface area (Å²) in [5.74, 6) is -4.86. The summed E-state index contributed by atoms with van der Waals surface area (Å²) in [6.07, 6.45) is 0.896. The fourth-order valence-electron chi connectivity index (χ4n) is 2.75. The Labute approximate surface area is 192 Å². The van der Waals surface area contributed by atoms with Gasteiger partial charge in [0.05, 0.1) is 12.5 Å². The van der Waals surface area contributed by atoms with Crippen LogP contribution in [0.1, 0.15) is 46.0 Å². The van der Waals surface area contributed by atoms with Gasteiger partial charge in [0.15, 0.2) is 0 Å². The fourth-order valence-corrected chi connectivity index (χ4v) is 3.00. The van der Waals surface area contributed by atoms with E-state index in [0.29, 0.717) is 19.4 Å². The number of rotatable bonds is 16. The van der Waals surface area contributed by atoms with Crippen molar-refractivity contribution >= 4 is 42.3 Å². The molecule has 184 valence electrons. The van der Waals surface area contributed by atoms with Crippen molar-refractivity contribution in [1.82, 2.24) is 16.0 Å². The number of amides is 3. The highest BCUT2D eigenvalue weighted by molar-refractivity contribution is 7.80. The van der Waals surface area contributed by atoms with E-state index >= 15 is 0 Å². The number of carboxylic acids is 2. The van der Waals surface area contributed by atoms with Crippen molar-refractivity contribution in [2.24, 2.45) is 17.4 Å². The predicted octanol–water partition coefficient (Wildman–Crippen LogP) is -1.57. The quantitative estimate of drug-likeness (QED) is 0.0950. The number of nitrogens with two attached hydrogens (primary N) is 2. The molecular weight excluding hydrogens is 442 g/mol. The maximum Gasteiger partial charge on any atom is 0.327 e. The summed E-state index contributed by atoms with van der Waals surface area (Å²) in [7, 11) is 0. The van der Waals surface area contributed by atoms with E-state index in [2.05, 4.69) is 28.6 Å². The minimum Gasteiger partial charge on any atom is -0.481 e. The molecule has 0 aliphatic carbocycles. The van der Waals surface area contributed by atoms with E-state index in [1.807, 2.05) is 13.8 Å². The Morgan fingerprint density at radius 3 is 1.88 bits per heavy atom. The van der Waals surface area contributed by atoms with Gasteiger partial charge in [0.2, 0.25) is 17.7 Å². The van der Waals surface area contributed by atoms with Crippen molar-refractivity contribution in [2.75, 3.05) is 12.3 Å². The first-order chi connectivity index (χ1) is 14.9. The molecule has 0 aromatic heterocycles. The van der Waals surface area contributed by atoms with Gasteiger partial charge >= 0.3 is 11.9 Å². The lowest BCUT2D eigenvalue weighted by Gasteiger charge is -2.25. The van der Waals surface area contributed by atoms with Gasteiger partial charge in [-0.2, -0.15) is 12.6 Å². The zero-order valence-electron chi connectivity index (χ0n) is 18.4. The van der Waals surface area contributed by atoms with Crippen LogP contribution in [0.5, 0.6) is 0 Å². The van der Waals surface area contributed by atoms with E-state index in [9.17, 15) is 24.0 Å². The Hall–Kier alpha value is -2.38. The Balaban J connectivity index is 5.42. The summed E-state index contributed by atoms with van der Waals surface area (Å²) in [5, 5.41) is 25.2. The average Bonchev–Trinajstić information content (AvgIpc) is 2.69. The van der Waals surface area contributed by atoms with E-state index in [-0.39, 0.29) is 24.5 Å². The molecule has 13 heteroatoms. The van der Waals surface area contributed by atoms with Gasteiger partial charge in [-0.1, -0.05) is 13.8 Å². The van der Waals surface area contributed by atoms with Gasteiger partial charge in [-0.25, -0.2) is 4.79 Å². The van der Waals surface area contributed by atoms with Gasteiger partial charge in [-0.05, 0) is 38.1 Å². The van der Waals surface area contributed by atoms with Crippen LogP contribution < -0.4 is 27.4 Å². The number of thiol groups is 1. The smallest absolute Gasteiger partial charge is 0.327 e. The first-order valence-electron chi connectivity index (χ1n) is 10.3. The Morgan fingerprint density at radius 2 is 1.41 bits per heavy atom. The van der Waals surface area contributed by atoms with Gasteiger partial charge in [-0.3, -0.25) is 19.2 Å². The minimum atomic E-state index is -1.34. The maximum atomic E-state index is 12.9. The third-order valence-corrected chi connectivity index (χ3v) is 4.81. The van der Waals surface area contributed by atoms with E-state index in [4.69, 9.17) is 21.7 Å². The van der Waals surface area contributed by atoms with E-state index < -0.39 is 60.2 Å². The molecule has 0 bridgehead atoms.